The topological polar surface area (TPSA) is 38.7 Å². The van der Waals surface area contributed by atoms with E-state index in [1.165, 1.54) is 5.56 Å². The summed E-state index contributed by atoms with van der Waals surface area (Å²) in [5.74, 6) is 0. The monoisotopic (exact) mass is 404 g/mol. The third-order valence-electron chi connectivity index (χ3n) is 4.22. The molecule has 0 aliphatic carbocycles. The molecular weight excluding hydrogens is 379 g/mol. The SMILES string of the molecule is CC1(C)CC[C@H](OCc2ccccc2)C(C)(C(I)CO)O1. The van der Waals surface area contributed by atoms with Crippen LogP contribution in [0.3, 0.4) is 0 Å². The highest BCUT2D eigenvalue weighted by Crippen LogP contribution is 2.41. The van der Waals surface area contributed by atoms with Crippen LogP contribution in [0.25, 0.3) is 0 Å². The minimum atomic E-state index is -0.466. The van der Waals surface area contributed by atoms with E-state index >= 15 is 0 Å². The number of hydrogen-bond donors (Lipinski definition) is 1. The summed E-state index contributed by atoms with van der Waals surface area (Å²) in [6.45, 7) is 6.97. The third kappa shape index (κ3) is 4.18. The van der Waals surface area contributed by atoms with Gasteiger partial charge in [0.05, 0.1) is 28.8 Å². The molecule has 1 fully saturated rings. The summed E-state index contributed by atoms with van der Waals surface area (Å²) in [6, 6.07) is 10.2. The molecule has 1 heterocycles. The average Bonchev–Trinajstić information content (AvgIpc) is 2.45. The molecule has 4 heteroatoms. The van der Waals surface area contributed by atoms with Crippen LogP contribution in [-0.2, 0) is 16.1 Å². The minimum absolute atomic E-state index is 0.000203. The Balaban J connectivity index is 2.09. The van der Waals surface area contributed by atoms with E-state index in [9.17, 15) is 5.11 Å². The fraction of sp³-hybridized carbons (Fsp3) is 0.647. The lowest BCUT2D eigenvalue weighted by molar-refractivity contribution is -0.231. The maximum absolute atomic E-state index is 9.58. The van der Waals surface area contributed by atoms with Crippen molar-refractivity contribution in [1.82, 2.24) is 0 Å². The lowest BCUT2D eigenvalue weighted by atomic mass is 9.83. The number of halogens is 1. The molecule has 2 unspecified atom stereocenters. The van der Waals surface area contributed by atoms with Crippen LogP contribution in [0.15, 0.2) is 30.3 Å². The molecule has 0 amide bonds. The van der Waals surface area contributed by atoms with Gasteiger partial charge in [-0.25, -0.2) is 0 Å². The van der Waals surface area contributed by atoms with Crippen LogP contribution in [0.2, 0.25) is 0 Å². The Morgan fingerprint density at radius 2 is 2.00 bits per heavy atom. The lowest BCUT2D eigenvalue weighted by Gasteiger charge is -2.50. The number of hydrogen-bond acceptors (Lipinski definition) is 3. The van der Waals surface area contributed by atoms with Crippen molar-refractivity contribution in [3.63, 3.8) is 0 Å². The zero-order valence-electron chi connectivity index (χ0n) is 13.0. The van der Waals surface area contributed by atoms with Gasteiger partial charge in [0.15, 0.2) is 0 Å². The first-order chi connectivity index (χ1) is 9.87. The second kappa shape index (κ2) is 6.94. The van der Waals surface area contributed by atoms with Crippen molar-refractivity contribution in [1.29, 1.82) is 0 Å². The molecule has 1 aliphatic rings. The van der Waals surface area contributed by atoms with E-state index in [1.54, 1.807) is 0 Å². The molecule has 1 aromatic rings. The molecule has 0 radical (unpaired) electrons. The lowest BCUT2D eigenvalue weighted by Crippen LogP contribution is -2.59. The van der Waals surface area contributed by atoms with Crippen molar-refractivity contribution in [3.8, 4) is 0 Å². The van der Waals surface area contributed by atoms with Crippen LogP contribution >= 0.6 is 22.6 Å². The molecule has 1 N–H and O–H groups in total. The summed E-state index contributed by atoms with van der Waals surface area (Å²) in [7, 11) is 0. The third-order valence-corrected chi connectivity index (χ3v) is 5.85. The fourth-order valence-electron chi connectivity index (χ4n) is 2.94. The molecule has 0 saturated carbocycles. The van der Waals surface area contributed by atoms with Gasteiger partial charge in [-0.1, -0.05) is 52.9 Å². The molecule has 118 valence electrons. The number of alkyl halides is 1. The Hall–Kier alpha value is -0.170. The van der Waals surface area contributed by atoms with E-state index in [2.05, 4.69) is 55.5 Å². The normalized spacial score (nSPS) is 30.0. The predicted octanol–water partition coefficient (Wildman–Crippen LogP) is 3.72. The van der Waals surface area contributed by atoms with Crippen molar-refractivity contribution in [2.75, 3.05) is 6.61 Å². The molecular formula is C17H25IO3. The van der Waals surface area contributed by atoms with Crippen molar-refractivity contribution >= 4 is 22.6 Å². The van der Waals surface area contributed by atoms with Crippen LogP contribution in [-0.4, -0.2) is 32.9 Å². The zero-order chi connectivity index (χ0) is 15.5. The molecule has 3 atom stereocenters. The van der Waals surface area contributed by atoms with Gasteiger partial charge in [-0.3, -0.25) is 0 Å². The second-order valence-electron chi connectivity index (χ2n) is 6.52. The maximum atomic E-state index is 9.58. The van der Waals surface area contributed by atoms with Crippen LogP contribution in [0.4, 0.5) is 0 Å². The largest absolute Gasteiger partial charge is 0.395 e. The van der Waals surface area contributed by atoms with Crippen LogP contribution < -0.4 is 0 Å². The van der Waals surface area contributed by atoms with Gasteiger partial charge in [0.2, 0.25) is 0 Å². The number of ether oxygens (including phenoxy) is 2. The van der Waals surface area contributed by atoms with Gasteiger partial charge in [0.1, 0.15) is 5.60 Å². The number of aliphatic hydroxyl groups is 1. The fourth-order valence-corrected chi connectivity index (χ4v) is 3.47. The summed E-state index contributed by atoms with van der Waals surface area (Å²) in [6.07, 6.45) is 1.92. The highest BCUT2D eigenvalue weighted by Gasteiger charge is 2.49. The summed E-state index contributed by atoms with van der Waals surface area (Å²) < 4.78 is 12.5. The molecule has 1 aromatic carbocycles. The highest BCUT2D eigenvalue weighted by atomic mass is 127. The van der Waals surface area contributed by atoms with Gasteiger partial charge in [-0.15, -0.1) is 0 Å². The summed E-state index contributed by atoms with van der Waals surface area (Å²) in [4.78, 5) is 0. The standard InChI is InChI=1S/C17H25IO3/c1-16(2)10-9-15(17(3,21-16)14(18)11-19)20-12-13-7-5-4-6-8-13/h4-8,14-15,19H,9-12H2,1-3H3/t14?,15-,17?/m0/s1. The molecule has 2 rings (SSSR count). The van der Waals surface area contributed by atoms with Gasteiger partial charge in [0, 0.05) is 0 Å². The molecule has 1 aliphatic heterocycles. The number of aliphatic hydroxyl groups excluding tert-OH is 1. The van der Waals surface area contributed by atoms with E-state index in [0.29, 0.717) is 6.61 Å². The Kier molecular flexibility index (Phi) is 5.68. The van der Waals surface area contributed by atoms with E-state index in [0.717, 1.165) is 12.8 Å². The first-order valence-corrected chi connectivity index (χ1v) is 8.72. The van der Waals surface area contributed by atoms with E-state index in [1.807, 2.05) is 18.2 Å². The van der Waals surface area contributed by atoms with Gasteiger partial charge in [-0.2, -0.15) is 0 Å². The molecule has 21 heavy (non-hydrogen) atoms. The maximum Gasteiger partial charge on any atom is 0.106 e. The van der Waals surface area contributed by atoms with Crippen LogP contribution in [0.1, 0.15) is 39.2 Å². The van der Waals surface area contributed by atoms with E-state index in [4.69, 9.17) is 9.47 Å². The Bertz CT molecular complexity index is 449. The highest BCUT2D eigenvalue weighted by molar-refractivity contribution is 14.1. The molecule has 1 saturated heterocycles. The van der Waals surface area contributed by atoms with Crippen molar-refractivity contribution in [3.05, 3.63) is 35.9 Å². The summed E-state index contributed by atoms with van der Waals surface area (Å²) >= 11 is 2.27. The van der Waals surface area contributed by atoms with Gasteiger partial charge < -0.3 is 14.6 Å². The molecule has 3 nitrogen and oxygen atoms in total. The predicted molar refractivity (Wildman–Crippen MR) is 92.7 cm³/mol. The smallest absolute Gasteiger partial charge is 0.106 e. The van der Waals surface area contributed by atoms with Crippen LogP contribution in [0, 0.1) is 0 Å². The van der Waals surface area contributed by atoms with Gasteiger partial charge in [-0.05, 0) is 39.2 Å². The van der Waals surface area contributed by atoms with Gasteiger partial charge >= 0.3 is 0 Å². The van der Waals surface area contributed by atoms with Crippen molar-refractivity contribution in [2.45, 2.75) is 61.5 Å². The molecule has 0 spiro atoms. The van der Waals surface area contributed by atoms with E-state index in [-0.39, 0.29) is 22.2 Å². The Morgan fingerprint density at radius 1 is 1.33 bits per heavy atom. The molecule has 0 aromatic heterocycles. The average molecular weight is 404 g/mol. The Morgan fingerprint density at radius 3 is 2.62 bits per heavy atom. The summed E-state index contributed by atoms with van der Waals surface area (Å²) in [5.41, 5.74) is 0.532. The first-order valence-electron chi connectivity index (χ1n) is 7.48. The summed E-state index contributed by atoms with van der Waals surface area (Å²) in [5, 5.41) is 9.58. The number of rotatable bonds is 5. The molecule has 0 bridgehead atoms. The van der Waals surface area contributed by atoms with Crippen molar-refractivity contribution < 1.29 is 14.6 Å². The van der Waals surface area contributed by atoms with E-state index < -0.39 is 5.60 Å². The minimum Gasteiger partial charge on any atom is -0.395 e. The Labute approximate surface area is 141 Å². The van der Waals surface area contributed by atoms with Crippen LogP contribution in [0.5, 0.6) is 0 Å². The van der Waals surface area contributed by atoms with Crippen molar-refractivity contribution in [2.24, 2.45) is 0 Å². The second-order valence-corrected chi connectivity index (χ2v) is 8.02. The first kappa shape index (κ1) is 17.2. The zero-order valence-corrected chi connectivity index (χ0v) is 15.2. The number of benzene rings is 1. The van der Waals surface area contributed by atoms with Gasteiger partial charge in [0.25, 0.3) is 0 Å². The quantitative estimate of drug-likeness (QED) is 0.601.